The molecular weight excluding hydrogens is 539 g/mol. The fraction of sp³-hybridized carbons (Fsp3) is 0.345. The minimum atomic E-state index is -0.283. The van der Waals surface area contributed by atoms with Gasteiger partial charge in [-0.1, -0.05) is 23.7 Å². The monoisotopic (exact) mass is 568 g/mol. The van der Waals surface area contributed by atoms with Crippen LogP contribution in [0.1, 0.15) is 28.8 Å². The van der Waals surface area contributed by atoms with Crippen LogP contribution in [-0.2, 0) is 29.0 Å². The normalized spacial score (nSPS) is 14.7. The van der Waals surface area contributed by atoms with Crippen molar-refractivity contribution in [1.29, 1.82) is 0 Å². The van der Waals surface area contributed by atoms with Crippen molar-refractivity contribution in [3.05, 3.63) is 75.6 Å². The first-order chi connectivity index (χ1) is 18.9. The zero-order chi connectivity index (χ0) is 27.4. The van der Waals surface area contributed by atoms with Crippen molar-refractivity contribution in [1.82, 2.24) is 14.9 Å². The number of hydrogen-bond acceptors (Lipinski definition) is 7. The van der Waals surface area contributed by atoms with Crippen molar-refractivity contribution in [2.45, 2.75) is 32.3 Å². The van der Waals surface area contributed by atoms with Gasteiger partial charge in [0.1, 0.15) is 35.1 Å². The number of ether oxygens (including phenoxy) is 2. The molecule has 0 fully saturated rings. The van der Waals surface area contributed by atoms with Gasteiger partial charge >= 0.3 is 0 Å². The van der Waals surface area contributed by atoms with Crippen LogP contribution in [0.5, 0.6) is 5.75 Å². The van der Waals surface area contributed by atoms with E-state index in [0.717, 1.165) is 46.5 Å². The summed E-state index contributed by atoms with van der Waals surface area (Å²) < 4.78 is 24.1. The Bertz CT molecular complexity index is 1460. The number of thiophene rings is 1. The van der Waals surface area contributed by atoms with E-state index in [1.807, 2.05) is 13.1 Å². The highest BCUT2D eigenvalue weighted by Gasteiger charge is 2.27. The molecule has 1 aliphatic carbocycles. The Balaban J connectivity index is 1.27. The van der Waals surface area contributed by atoms with E-state index in [1.54, 1.807) is 53.9 Å². The topological polar surface area (TPSA) is 76.6 Å². The van der Waals surface area contributed by atoms with E-state index in [4.69, 9.17) is 21.1 Å². The van der Waals surface area contributed by atoms with E-state index in [2.05, 4.69) is 15.3 Å². The van der Waals surface area contributed by atoms with Crippen molar-refractivity contribution in [3.63, 3.8) is 0 Å². The number of hydrogen-bond donors (Lipinski definition) is 1. The molecule has 39 heavy (non-hydrogen) atoms. The maximum atomic E-state index is 13.1. The van der Waals surface area contributed by atoms with Gasteiger partial charge in [0.25, 0.3) is 0 Å². The average molecular weight is 569 g/mol. The number of aromatic nitrogens is 2. The molecule has 0 bridgehead atoms. The number of carbonyl (C=O) groups excluding carboxylic acids is 1. The third-order valence-corrected chi connectivity index (χ3v) is 8.43. The summed E-state index contributed by atoms with van der Waals surface area (Å²) >= 11 is 8.20. The first-order valence-corrected chi connectivity index (χ1v) is 14.0. The van der Waals surface area contributed by atoms with Crippen LogP contribution in [0.3, 0.4) is 0 Å². The average Bonchev–Trinajstić information content (AvgIpc) is 3.31. The standard InChI is InChI=1S/C29H30ClFN4O3S/c1-35(11-12-37-2)26(36)14-19-5-9-22-25(13-19)39-29-27(22)28(32-17-33-29)34-21-8-10-24(23(30)15-21)38-16-18-3-6-20(31)7-4-18/h3-4,6-8,10,15,17,19H,5,9,11-14,16H2,1-2H3,(H,32,33,34). The van der Waals surface area contributed by atoms with E-state index in [-0.39, 0.29) is 18.3 Å². The molecule has 0 spiro atoms. The molecule has 0 radical (unpaired) electrons. The number of anilines is 2. The number of amides is 1. The van der Waals surface area contributed by atoms with Crippen LogP contribution in [0, 0.1) is 11.7 Å². The second kappa shape index (κ2) is 12.3. The first-order valence-electron chi connectivity index (χ1n) is 12.8. The maximum Gasteiger partial charge on any atom is 0.222 e. The summed E-state index contributed by atoms with van der Waals surface area (Å²) in [6.45, 7) is 1.43. The zero-order valence-corrected chi connectivity index (χ0v) is 23.4. The van der Waals surface area contributed by atoms with Gasteiger partial charge in [-0.25, -0.2) is 14.4 Å². The number of fused-ring (bicyclic) bond motifs is 3. The van der Waals surface area contributed by atoms with Crippen LogP contribution in [0.2, 0.25) is 5.02 Å². The first kappa shape index (κ1) is 27.3. The van der Waals surface area contributed by atoms with Gasteiger partial charge in [-0.3, -0.25) is 4.79 Å². The number of carbonyl (C=O) groups is 1. The van der Waals surface area contributed by atoms with Gasteiger partial charge < -0.3 is 19.7 Å². The predicted octanol–water partition coefficient (Wildman–Crippen LogP) is 6.41. The van der Waals surface area contributed by atoms with E-state index in [0.29, 0.717) is 36.3 Å². The Labute approximate surface area is 235 Å². The highest BCUT2D eigenvalue weighted by Crippen LogP contribution is 2.41. The lowest BCUT2D eigenvalue weighted by molar-refractivity contribution is -0.131. The fourth-order valence-corrected chi connectivity index (χ4v) is 6.31. The summed E-state index contributed by atoms with van der Waals surface area (Å²) in [5, 5.41) is 4.91. The number of methoxy groups -OCH3 is 1. The van der Waals surface area contributed by atoms with Gasteiger partial charge in [-0.2, -0.15) is 0 Å². The number of nitrogens with one attached hydrogen (secondary N) is 1. The molecule has 1 aliphatic rings. The van der Waals surface area contributed by atoms with Gasteiger partial charge in [0.15, 0.2) is 0 Å². The molecule has 0 aliphatic heterocycles. The van der Waals surface area contributed by atoms with Crippen molar-refractivity contribution in [2.75, 3.05) is 32.6 Å². The Kier molecular flexibility index (Phi) is 8.60. The van der Waals surface area contributed by atoms with Crippen molar-refractivity contribution in [3.8, 4) is 5.75 Å². The van der Waals surface area contributed by atoms with Crippen LogP contribution in [0.25, 0.3) is 10.2 Å². The Morgan fingerprint density at radius 2 is 2.05 bits per heavy atom. The molecular formula is C29H30ClFN4O3S. The lowest BCUT2D eigenvalue weighted by Gasteiger charge is -2.24. The molecule has 0 saturated heterocycles. The summed E-state index contributed by atoms with van der Waals surface area (Å²) in [6.07, 6.45) is 4.81. The lowest BCUT2D eigenvalue weighted by atomic mass is 9.85. The molecule has 2 aromatic heterocycles. The Morgan fingerprint density at radius 3 is 2.82 bits per heavy atom. The number of aryl methyl sites for hydroxylation is 1. The Morgan fingerprint density at radius 1 is 1.23 bits per heavy atom. The molecule has 1 unspecified atom stereocenters. The quantitative estimate of drug-likeness (QED) is 0.238. The van der Waals surface area contributed by atoms with Gasteiger partial charge in [0, 0.05) is 37.7 Å². The third-order valence-electron chi connectivity index (χ3n) is 6.97. The van der Waals surface area contributed by atoms with Crippen LogP contribution in [-0.4, -0.2) is 48.1 Å². The molecule has 2 aromatic carbocycles. The smallest absolute Gasteiger partial charge is 0.222 e. The van der Waals surface area contributed by atoms with Crippen LogP contribution in [0.4, 0.5) is 15.9 Å². The van der Waals surface area contributed by atoms with E-state index in [1.165, 1.54) is 22.6 Å². The lowest BCUT2D eigenvalue weighted by Crippen LogP contribution is -2.32. The van der Waals surface area contributed by atoms with E-state index in [9.17, 15) is 9.18 Å². The number of nitrogens with zero attached hydrogens (tertiary/aromatic N) is 3. The van der Waals surface area contributed by atoms with Crippen LogP contribution in [0.15, 0.2) is 48.8 Å². The number of likely N-dealkylation sites (N-methyl/N-ethyl adjacent to an activating group) is 1. The number of benzene rings is 2. The molecule has 2 heterocycles. The summed E-state index contributed by atoms with van der Waals surface area (Å²) in [7, 11) is 3.48. The maximum absolute atomic E-state index is 13.1. The zero-order valence-electron chi connectivity index (χ0n) is 21.9. The molecule has 1 N–H and O–H groups in total. The van der Waals surface area contributed by atoms with Gasteiger partial charge in [0.2, 0.25) is 5.91 Å². The summed E-state index contributed by atoms with van der Waals surface area (Å²) in [6, 6.07) is 11.7. The number of halogens is 2. The minimum absolute atomic E-state index is 0.158. The molecule has 7 nitrogen and oxygen atoms in total. The predicted molar refractivity (Wildman–Crippen MR) is 153 cm³/mol. The highest BCUT2D eigenvalue weighted by atomic mass is 35.5. The third kappa shape index (κ3) is 6.49. The molecule has 4 aromatic rings. The molecule has 5 rings (SSSR count). The molecule has 1 amide bonds. The minimum Gasteiger partial charge on any atom is -0.487 e. The Hall–Kier alpha value is -3.27. The summed E-state index contributed by atoms with van der Waals surface area (Å²) in [5.41, 5.74) is 2.90. The summed E-state index contributed by atoms with van der Waals surface area (Å²) in [4.78, 5) is 25.7. The van der Waals surface area contributed by atoms with E-state index < -0.39 is 0 Å². The van der Waals surface area contributed by atoms with Gasteiger partial charge in [-0.15, -0.1) is 11.3 Å². The second-order valence-corrected chi connectivity index (χ2v) is 11.2. The van der Waals surface area contributed by atoms with Gasteiger partial charge in [0.05, 0.1) is 17.0 Å². The fourth-order valence-electron chi connectivity index (χ4n) is 4.78. The molecule has 0 saturated carbocycles. The van der Waals surface area contributed by atoms with Crippen molar-refractivity contribution in [2.24, 2.45) is 5.92 Å². The largest absolute Gasteiger partial charge is 0.487 e. The molecule has 10 heteroatoms. The van der Waals surface area contributed by atoms with Crippen molar-refractivity contribution >= 4 is 50.6 Å². The molecule has 204 valence electrons. The highest BCUT2D eigenvalue weighted by molar-refractivity contribution is 7.19. The van der Waals surface area contributed by atoms with E-state index >= 15 is 0 Å². The molecule has 1 atom stereocenters. The van der Waals surface area contributed by atoms with Crippen molar-refractivity contribution < 1.29 is 18.7 Å². The summed E-state index contributed by atoms with van der Waals surface area (Å²) in [5.74, 6) is 1.47. The second-order valence-electron chi connectivity index (χ2n) is 9.71. The van der Waals surface area contributed by atoms with Crippen LogP contribution >= 0.6 is 22.9 Å². The van der Waals surface area contributed by atoms with Gasteiger partial charge in [-0.05, 0) is 66.6 Å². The van der Waals surface area contributed by atoms with Crippen LogP contribution < -0.4 is 10.1 Å². The number of rotatable bonds is 10. The SMILES string of the molecule is COCCN(C)C(=O)CC1CCc2c(sc3ncnc(Nc4ccc(OCc5ccc(F)cc5)c(Cl)c4)c23)C1.